The Morgan fingerprint density at radius 3 is 2.40 bits per heavy atom. The summed E-state index contributed by atoms with van der Waals surface area (Å²) >= 11 is 0. The molecule has 0 heterocycles. The van der Waals surface area contributed by atoms with Gasteiger partial charge in [0.1, 0.15) is 0 Å². The van der Waals surface area contributed by atoms with Gasteiger partial charge in [0.15, 0.2) is 5.96 Å². The molecule has 0 aliphatic carbocycles. The molecule has 2 N–H and O–H groups in total. The molecule has 0 aliphatic rings. The molecule has 0 atom stereocenters. The Bertz CT molecular complexity index is 280. The summed E-state index contributed by atoms with van der Waals surface area (Å²) in [6, 6.07) is 0. The molecular formula is C14H30N4O2. The van der Waals surface area contributed by atoms with E-state index in [0.29, 0.717) is 13.0 Å². The van der Waals surface area contributed by atoms with Gasteiger partial charge in [-0.25, -0.2) is 0 Å². The van der Waals surface area contributed by atoms with Gasteiger partial charge in [0.25, 0.3) is 0 Å². The Morgan fingerprint density at radius 1 is 1.15 bits per heavy atom. The van der Waals surface area contributed by atoms with Crippen molar-refractivity contribution in [2.24, 2.45) is 4.99 Å². The van der Waals surface area contributed by atoms with Crippen molar-refractivity contribution in [1.29, 1.82) is 0 Å². The molecule has 0 aliphatic heterocycles. The molecule has 6 heteroatoms. The third-order valence-electron chi connectivity index (χ3n) is 2.75. The number of carbonyl (C=O) groups excluding carboxylic acids is 1. The lowest BCUT2D eigenvalue weighted by Gasteiger charge is -2.13. The van der Waals surface area contributed by atoms with E-state index in [4.69, 9.17) is 4.74 Å². The largest absolute Gasteiger partial charge is 0.381 e. The van der Waals surface area contributed by atoms with Crippen molar-refractivity contribution in [3.63, 3.8) is 0 Å². The topological polar surface area (TPSA) is 66.0 Å². The smallest absolute Gasteiger partial charge is 0.223 e. The fraction of sp³-hybridized carbons (Fsp3) is 0.857. The summed E-state index contributed by atoms with van der Waals surface area (Å²) < 4.78 is 5.48. The van der Waals surface area contributed by atoms with Crippen LogP contribution in [0.2, 0.25) is 0 Å². The van der Waals surface area contributed by atoms with E-state index in [1.54, 1.807) is 26.0 Å². The van der Waals surface area contributed by atoms with E-state index < -0.39 is 0 Å². The first-order chi connectivity index (χ1) is 9.61. The van der Waals surface area contributed by atoms with Crippen LogP contribution in [0, 0.1) is 0 Å². The van der Waals surface area contributed by atoms with Crippen LogP contribution in [0.1, 0.15) is 32.6 Å². The first-order valence-corrected chi connectivity index (χ1v) is 7.34. The van der Waals surface area contributed by atoms with Gasteiger partial charge in [0, 0.05) is 53.9 Å². The first-order valence-electron chi connectivity index (χ1n) is 7.34. The highest BCUT2D eigenvalue weighted by Crippen LogP contribution is 1.89. The molecule has 0 fully saturated rings. The number of carbonyl (C=O) groups is 1. The lowest BCUT2D eigenvalue weighted by Crippen LogP contribution is -2.39. The van der Waals surface area contributed by atoms with Gasteiger partial charge in [-0.3, -0.25) is 9.79 Å². The Labute approximate surface area is 123 Å². The fourth-order valence-corrected chi connectivity index (χ4v) is 1.46. The van der Waals surface area contributed by atoms with E-state index in [0.717, 1.165) is 38.6 Å². The van der Waals surface area contributed by atoms with Crippen LogP contribution in [-0.4, -0.2) is 64.2 Å². The molecule has 0 aromatic carbocycles. The summed E-state index contributed by atoms with van der Waals surface area (Å²) in [7, 11) is 5.24. The molecule has 0 unspecified atom stereocenters. The Kier molecular flexibility index (Phi) is 11.9. The molecule has 0 bridgehead atoms. The van der Waals surface area contributed by atoms with E-state index in [9.17, 15) is 4.79 Å². The number of hydrogen-bond acceptors (Lipinski definition) is 3. The lowest BCUT2D eigenvalue weighted by atomic mass is 10.3. The number of ether oxygens (including phenoxy) is 1. The highest BCUT2D eigenvalue weighted by molar-refractivity contribution is 5.81. The van der Waals surface area contributed by atoms with Gasteiger partial charge in [-0.15, -0.1) is 0 Å². The molecule has 1 amide bonds. The van der Waals surface area contributed by atoms with Gasteiger partial charge in [0.05, 0.1) is 0 Å². The summed E-state index contributed by atoms with van der Waals surface area (Å²) in [5.41, 5.74) is 0. The van der Waals surface area contributed by atoms with Crippen LogP contribution in [0.5, 0.6) is 0 Å². The SMILES string of the molecule is CCCCOCCCNC(=NC)NCCC(=O)N(C)C. The van der Waals surface area contributed by atoms with Crippen LogP contribution in [-0.2, 0) is 9.53 Å². The van der Waals surface area contributed by atoms with Crippen LogP contribution in [0.3, 0.4) is 0 Å². The minimum absolute atomic E-state index is 0.109. The Hall–Kier alpha value is -1.30. The summed E-state index contributed by atoms with van der Waals surface area (Å²) in [5, 5.41) is 6.31. The van der Waals surface area contributed by atoms with Crippen molar-refractivity contribution in [2.45, 2.75) is 32.6 Å². The number of amides is 1. The van der Waals surface area contributed by atoms with Crippen LogP contribution in [0.25, 0.3) is 0 Å². The monoisotopic (exact) mass is 286 g/mol. The predicted molar refractivity (Wildman–Crippen MR) is 83.0 cm³/mol. The molecular weight excluding hydrogens is 256 g/mol. The van der Waals surface area contributed by atoms with Crippen molar-refractivity contribution in [2.75, 3.05) is 47.4 Å². The normalized spacial score (nSPS) is 11.3. The first kappa shape index (κ1) is 18.7. The molecule has 0 aromatic heterocycles. The molecule has 0 saturated carbocycles. The van der Waals surface area contributed by atoms with Gasteiger partial charge in [-0.2, -0.15) is 0 Å². The quantitative estimate of drug-likeness (QED) is 0.355. The second-order valence-corrected chi connectivity index (χ2v) is 4.78. The van der Waals surface area contributed by atoms with E-state index in [2.05, 4.69) is 22.5 Å². The van der Waals surface area contributed by atoms with Crippen LogP contribution < -0.4 is 10.6 Å². The van der Waals surface area contributed by atoms with Crippen molar-refractivity contribution in [1.82, 2.24) is 15.5 Å². The van der Waals surface area contributed by atoms with Crippen molar-refractivity contribution >= 4 is 11.9 Å². The van der Waals surface area contributed by atoms with Gasteiger partial charge >= 0.3 is 0 Å². The zero-order chi connectivity index (χ0) is 15.2. The van der Waals surface area contributed by atoms with E-state index >= 15 is 0 Å². The summed E-state index contributed by atoms with van der Waals surface area (Å²) in [6.07, 6.45) is 3.70. The molecule has 0 spiro atoms. The van der Waals surface area contributed by atoms with Crippen molar-refractivity contribution < 1.29 is 9.53 Å². The molecule has 0 rings (SSSR count). The number of hydrogen-bond donors (Lipinski definition) is 2. The number of nitrogens with one attached hydrogen (secondary N) is 2. The minimum atomic E-state index is 0.109. The number of nitrogens with zero attached hydrogens (tertiary/aromatic N) is 2. The highest BCUT2D eigenvalue weighted by atomic mass is 16.5. The maximum Gasteiger partial charge on any atom is 0.223 e. The highest BCUT2D eigenvalue weighted by Gasteiger charge is 2.03. The average molecular weight is 286 g/mol. The maximum absolute atomic E-state index is 11.4. The number of aliphatic imine (C=N–C) groups is 1. The third kappa shape index (κ3) is 10.6. The summed E-state index contributed by atoms with van der Waals surface area (Å²) in [6.45, 7) is 5.16. The van der Waals surface area contributed by atoms with Crippen molar-refractivity contribution in [3.8, 4) is 0 Å². The zero-order valence-corrected chi connectivity index (χ0v) is 13.4. The fourth-order valence-electron chi connectivity index (χ4n) is 1.46. The second kappa shape index (κ2) is 12.7. The molecule has 0 aromatic rings. The lowest BCUT2D eigenvalue weighted by molar-refractivity contribution is -0.128. The predicted octanol–water partition coefficient (Wildman–Crippen LogP) is 0.837. The van der Waals surface area contributed by atoms with E-state index in [1.165, 1.54) is 6.42 Å². The van der Waals surface area contributed by atoms with Crippen molar-refractivity contribution in [3.05, 3.63) is 0 Å². The third-order valence-corrected chi connectivity index (χ3v) is 2.75. The van der Waals surface area contributed by atoms with E-state index in [-0.39, 0.29) is 5.91 Å². The molecule has 118 valence electrons. The second-order valence-electron chi connectivity index (χ2n) is 4.78. The molecule has 0 radical (unpaired) electrons. The molecule has 6 nitrogen and oxygen atoms in total. The standard InChI is InChI=1S/C14H30N4O2/c1-5-6-11-20-12-7-9-16-14(15-2)17-10-8-13(19)18(3)4/h5-12H2,1-4H3,(H2,15,16,17). The number of guanidine groups is 1. The maximum atomic E-state index is 11.4. The van der Waals surface area contributed by atoms with Crippen LogP contribution in [0.15, 0.2) is 4.99 Å². The molecule has 20 heavy (non-hydrogen) atoms. The Balaban J connectivity index is 3.56. The van der Waals surface area contributed by atoms with Crippen LogP contribution in [0.4, 0.5) is 0 Å². The number of rotatable bonds is 10. The van der Waals surface area contributed by atoms with E-state index in [1.807, 2.05) is 0 Å². The van der Waals surface area contributed by atoms with Gasteiger partial charge in [0.2, 0.25) is 5.91 Å². The summed E-state index contributed by atoms with van der Waals surface area (Å²) in [5.74, 6) is 0.836. The molecule has 0 saturated heterocycles. The van der Waals surface area contributed by atoms with Crippen LogP contribution >= 0.6 is 0 Å². The van der Waals surface area contributed by atoms with Gasteiger partial charge in [-0.05, 0) is 12.8 Å². The van der Waals surface area contributed by atoms with Gasteiger partial charge < -0.3 is 20.3 Å². The minimum Gasteiger partial charge on any atom is -0.381 e. The average Bonchev–Trinajstić information content (AvgIpc) is 2.44. The number of unbranched alkanes of at least 4 members (excludes halogenated alkanes) is 1. The zero-order valence-electron chi connectivity index (χ0n) is 13.4. The summed E-state index contributed by atoms with van der Waals surface area (Å²) in [4.78, 5) is 17.1. The van der Waals surface area contributed by atoms with Gasteiger partial charge in [-0.1, -0.05) is 13.3 Å². The Morgan fingerprint density at radius 2 is 1.80 bits per heavy atom.